The average molecular weight is 456 g/mol. The van der Waals surface area contributed by atoms with Gasteiger partial charge in [0.2, 0.25) is 21.8 Å². The van der Waals surface area contributed by atoms with Gasteiger partial charge in [-0.2, -0.15) is 4.31 Å². The van der Waals surface area contributed by atoms with Gasteiger partial charge in [-0.3, -0.25) is 9.59 Å². The summed E-state index contributed by atoms with van der Waals surface area (Å²) in [5, 5.41) is 2.97. The van der Waals surface area contributed by atoms with E-state index < -0.39 is 16.1 Å². The zero-order chi connectivity index (χ0) is 22.9. The summed E-state index contributed by atoms with van der Waals surface area (Å²) in [6.07, 6.45) is 1.10. The number of aryl methyl sites for hydroxylation is 1. The molecule has 2 aromatic rings. The number of nitrogens with one attached hydrogen (secondary N) is 1. The second-order valence-corrected chi connectivity index (χ2v) is 10.6. The van der Waals surface area contributed by atoms with Crippen molar-refractivity contribution in [1.29, 1.82) is 0 Å². The van der Waals surface area contributed by atoms with E-state index in [4.69, 9.17) is 0 Å². The quantitative estimate of drug-likeness (QED) is 0.724. The molecule has 2 fully saturated rings. The van der Waals surface area contributed by atoms with Crippen molar-refractivity contribution in [3.63, 3.8) is 0 Å². The fourth-order valence-corrected chi connectivity index (χ4v) is 6.13. The van der Waals surface area contributed by atoms with Gasteiger partial charge in [-0.05, 0) is 37.5 Å². The predicted octanol–water partition coefficient (Wildman–Crippen LogP) is 2.31. The first kappa shape index (κ1) is 22.5. The number of carbonyl (C=O) groups excluding carboxylic acids is 2. The molecule has 0 spiro atoms. The van der Waals surface area contributed by atoms with Crippen LogP contribution in [0.15, 0.2) is 59.5 Å². The third-order valence-corrected chi connectivity index (χ3v) is 8.32. The van der Waals surface area contributed by atoms with Gasteiger partial charge in [0.25, 0.3) is 0 Å². The normalized spacial score (nSPS) is 24.1. The van der Waals surface area contributed by atoms with Gasteiger partial charge in [0.05, 0.1) is 16.9 Å². The van der Waals surface area contributed by atoms with Gasteiger partial charge in [-0.25, -0.2) is 8.42 Å². The summed E-state index contributed by atoms with van der Waals surface area (Å²) < 4.78 is 27.6. The summed E-state index contributed by atoms with van der Waals surface area (Å²) in [6.45, 7) is 4.93. The van der Waals surface area contributed by atoms with Crippen LogP contribution in [0.5, 0.6) is 0 Å². The van der Waals surface area contributed by atoms with Crippen molar-refractivity contribution in [3.8, 4) is 0 Å². The molecule has 1 N–H and O–H groups in total. The van der Waals surface area contributed by atoms with E-state index in [1.165, 1.54) is 4.31 Å². The molecule has 32 heavy (non-hydrogen) atoms. The number of sulfonamides is 1. The highest BCUT2D eigenvalue weighted by Gasteiger charge is 2.43. The lowest BCUT2D eigenvalue weighted by Gasteiger charge is -2.25. The van der Waals surface area contributed by atoms with Crippen LogP contribution in [0.3, 0.4) is 0 Å². The maximum Gasteiger partial charge on any atom is 0.243 e. The molecule has 0 radical (unpaired) electrons. The Kier molecular flexibility index (Phi) is 6.35. The van der Waals surface area contributed by atoms with Crippen molar-refractivity contribution in [2.24, 2.45) is 5.92 Å². The fourth-order valence-electron chi connectivity index (χ4n) is 4.48. The number of nitrogens with zero attached hydrogens (tertiary/aromatic N) is 2. The average Bonchev–Trinajstić information content (AvgIpc) is 3.37. The standard InChI is InChI=1S/C24H29N3O4S/c1-17-10-12-20(13-11-17)32(30,31)27-14-6-9-22(27)23(28)25-21-16-26(24(29)18(21)2)15-19-7-4-3-5-8-19/h3-5,7-8,10-13,18,21-22H,6,9,14-16H2,1-2H3,(H,25,28). The molecule has 2 amide bonds. The van der Waals surface area contributed by atoms with Crippen LogP contribution in [-0.2, 0) is 26.2 Å². The zero-order valence-electron chi connectivity index (χ0n) is 18.4. The van der Waals surface area contributed by atoms with Gasteiger partial charge in [-0.15, -0.1) is 0 Å². The van der Waals surface area contributed by atoms with Gasteiger partial charge < -0.3 is 10.2 Å². The lowest BCUT2D eigenvalue weighted by Crippen LogP contribution is -2.50. The van der Waals surface area contributed by atoms with E-state index in [9.17, 15) is 18.0 Å². The number of amides is 2. The third kappa shape index (κ3) is 4.42. The fraction of sp³-hybridized carbons (Fsp3) is 0.417. The summed E-state index contributed by atoms with van der Waals surface area (Å²) in [4.78, 5) is 27.8. The van der Waals surface area contributed by atoms with Gasteiger partial charge in [0.15, 0.2) is 0 Å². The molecule has 4 rings (SSSR count). The Morgan fingerprint density at radius 2 is 1.78 bits per heavy atom. The summed E-state index contributed by atoms with van der Waals surface area (Å²) in [5.41, 5.74) is 2.01. The minimum absolute atomic E-state index is 0.00490. The number of likely N-dealkylation sites (tertiary alicyclic amines) is 1. The van der Waals surface area contributed by atoms with Gasteiger partial charge in [-0.1, -0.05) is 55.0 Å². The van der Waals surface area contributed by atoms with Crippen LogP contribution in [0, 0.1) is 12.8 Å². The van der Waals surface area contributed by atoms with E-state index in [1.54, 1.807) is 29.2 Å². The van der Waals surface area contributed by atoms with Gasteiger partial charge >= 0.3 is 0 Å². The van der Waals surface area contributed by atoms with Crippen molar-refractivity contribution in [2.75, 3.05) is 13.1 Å². The molecule has 8 heteroatoms. The first-order valence-corrected chi connectivity index (χ1v) is 12.4. The number of hydrogen-bond donors (Lipinski definition) is 1. The molecule has 3 atom stereocenters. The SMILES string of the molecule is Cc1ccc(S(=O)(=O)N2CCCC2C(=O)NC2CN(Cc3ccccc3)C(=O)C2C)cc1. The number of hydrogen-bond acceptors (Lipinski definition) is 4. The molecule has 0 saturated carbocycles. The molecular formula is C24H29N3O4S. The van der Waals surface area contributed by atoms with Crippen LogP contribution in [0.1, 0.15) is 30.9 Å². The van der Waals surface area contributed by atoms with Crippen LogP contribution in [0.25, 0.3) is 0 Å². The van der Waals surface area contributed by atoms with E-state index in [2.05, 4.69) is 5.32 Å². The Labute approximate surface area is 189 Å². The summed E-state index contributed by atoms with van der Waals surface area (Å²) >= 11 is 0. The van der Waals surface area contributed by atoms with Crippen molar-refractivity contribution in [1.82, 2.24) is 14.5 Å². The van der Waals surface area contributed by atoms with Gasteiger partial charge in [0.1, 0.15) is 6.04 Å². The Morgan fingerprint density at radius 3 is 2.47 bits per heavy atom. The topological polar surface area (TPSA) is 86.8 Å². The molecule has 2 aliphatic heterocycles. The maximum atomic E-state index is 13.2. The maximum absolute atomic E-state index is 13.2. The number of benzene rings is 2. The Hall–Kier alpha value is -2.71. The van der Waals surface area contributed by atoms with Crippen LogP contribution < -0.4 is 5.32 Å². The van der Waals surface area contributed by atoms with E-state index >= 15 is 0 Å². The highest BCUT2D eigenvalue weighted by Crippen LogP contribution is 2.27. The highest BCUT2D eigenvalue weighted by atomic mass is 32.2. The second kappa shape index (κ2) is 9.03. The van der Waals surface area contributed by atoms with E-state index in [-0.39, 0.29) is 28.7 Å². The minimum atomic E-state index is -3.76. The van der Waals surface area contributed by atoms with E-state index in [0.717, 1.165) is 11.1 Å². The molecule has 0 aromatic heterocycles. The first-order chi connectivity index (χ1) is 15.3. The summed E-state index contributed by atoms with van der Waals surface area (Å²) in [5.74, 6) is -0.690. The Bertz CT molecular complexity index is 1090. The predicted molar refractivity (Wildman–Crippen MR) is 121 cm³/mol. The van der Waals surface area contributed by atoms with Gasteiger partial charge in [0, 0.05) is 19.6 Å². The van der Waals surface area contributed by atoms with Crippen molar-refractivity contribution < 1.29 is 18.0 Å². The minimum Gasteiger partial charge on any atom is -0.349 e. The largest absolute Gasteiger partial charge is 0.349 e. The summed E-state index contributed by atoms with van der Waals surface area (Å²) in [6, 6.07) is 15.3. The number of carbonyl (C=O) groups is 2. The van der Waals surface area contributed by atoms with E-state index in [0.29, 0.717) is 32.5 Å². The van der Waals surface area contributed by atoms with Crippen LogP contribution in [-0.4, -0.2) is 54.6 Å². The monoisotopic (exact) mass is 455 g/mol. The summed E-state index contributed by atoms with van der Waals surface area (Å²) in [7, 11) is -3.76. The van der Waals surface area contributed by atoms with E-state index in [1.807, 2.05) is 44.2 Å². The van der Waals surface area contributed by atoms with Crippen molar-refractivity contribution >= 4 is 21.8 Å². The third-order valence-electron chi connectivity index (χ3n) is 6.40. The Morgan fingerprint density at radius 1 is 1.09 bits per heavy atom. The molecule has 7 nitrogen and oxygen atoms in total. The smallest absolute Gasteiger partial charge is 0.243 e. The molecule has 2 aromatic carbocycles. The van der Waals surface area contributed by atoms with Crippen LogP contribution in [0.4, 0.5) is 0 Å². The molecule has 170 valence electrons. The molecule has 0 aliphatic carbocycles. The molecule has 0 bridgehead atoms. The lowest BCUT2D eigenvalue weighted by molar-refractivity contribution is -0.131. The Balaban J connectivity index is 1.44. The van der Waals surface area contributed by atoms with Crippen LogP contribution >= 0.6 is 0 Å². The molecule has 2 saturated heterocycles. The molecule has 2 heterocycles. The highest BCUT2D eigenvalue weighted by molar-refractivity contribution is 7.89. The zero-order valence-corrected chi connectivity index (χ0v) is 19.2. The lowest BCUT2D eigenvalue weighted by atomic mass is 10.1. The van der Waals surface area contributed by atoms with Crippen molar-refractivity contribution in [3.05, 3.63) is 65.7 Å². The molecule has 3 unspecified atom stereocenters. The van der Waals surface area contributed by atoms with Crippen LogP contribution in [0.2, 0.25) is 0 Å². The molecular weight excluding hydrogens is 426 g/mol. The first-order valence-electron chi connectivity index (χ1n) is 11.0. The number of rotatable bonds is 6. The van der Waals surface area contributed by atoms with Crippen molar-refractivity contribution in [2.45, 2.75) is 50.2 Å². The second-order valence-electron chi connectivity index (χ2n) is 8.69. The molecule has 2 aliphatic rings.